The molecule has 4 nitrogen and oxygen atoms in total. The Bertz CT molecular complexity index is 485. The predicted octanol–water partition coefficient (Wildman–Crippen LogP) is 4.36. The Labute approximate surface area is 152 Å². The summed E-state index contributed by atoms with van der Waals surface area (Å²) in [5.41, 5.74) is 1.12. The molecule has 1 aromatic rings. The third-order valence-corrected chi connectivity index (χ3v) is 5.40. The highest BCUT2D eigenvalue weighted by molar-refractivity contribution is 5.53. The molecule has 0 aliphatic heterocycles. The van der Waals surface area contributed by atoms with E-state index in [1.807, 2.05) is 31.2 Å². The fraction of sp³-hybridized carbons (Fsp3) is 0.667. The monoisotopic (exact) mass is 350 g/mol. The van der Waals surface area contributed by atoms with Gasteiger partial charge in [-0.3, -0.25) is 0 Å². The zero-order chi connectivity index (χ0) is 18.8. The molecule has 5 atom stereocenters. The highest BCUT2D eigenvalue weighted by atomic mass is 16.5. The van der Waals surface area contributed by atoms with Crippen LogP contribution in [0.2, 0.25) is 0 Å². The molecule has 5 unspecified atom stereocenters. The van der Waals surface area contributed by atoms with Gasteiger partial charge in [0.1, 0.15) is 12.0 Å². The molecule has 1 aromatic carbocycles. The normalized spacial score (nSPS) is 17.4. The molecule has 0 saturated carbocycles. The second kappa shape index (κ2) is 11.3. The average Bonchev–Trinajstić information content (AvgIpc) is 2.64. The van der Waals surface area contributed by atoms with Crippen LogP contribution in [0.1, 0.15) is 39.7 Å². The van der Waals surface area contributed by atoms with Crippen LogP contribution >= 0.6 is 0 Å². The minimum atomic E-state index is 0.0447. The van der Waals surface area contributed by atoms with Crippen molar-refractivity contribution < 1.29 is 19.0 Å². The molecule has 1 rings (SSSR count). The van der Waals surface area contributed by atoms with Crippen molar-refractivity contribution in [1.29, 1.82) is 0 Å². The molecule has 0 saturated heterocycles. The summed E-state index contributed by atoms with van der Waals surface area (Å²) in [6.07, 6.45) is 2.02. The summed E-state index contributed by atoms with van der Waals surface area (Å²) in [5, 5.41) is 0. The lowest BCUT2D eigenvalue weighted by Gasteiger charge is -2.30. The largest absolute Gasteiger partial charge is 0.497 e. The van der Waals surface area contributed by atoms with E-state index in [0.717, 1.165) is 24.0 Å². The third kappa shape index (κ3) is 7.17. The molecule has 0 aliphatic carbocycles. The van der Waals surface area contributed by atoms with Gasteiger partial charge in [0.25, 0.3) is 0 Å². The van der Waals surface area contributed by atoms with E-state index in [9.17, 15) is 4.79 Å². The topological polar surface area (TPSA) is 44.8 Å². The molecule has 0 N–H and O–H groups in total. The van der Waals surface area contributed by atoms with Crippen LogP contribution in [0.3, 0.4) is 0 Å². The first-order chi connectivity index (χ1) is 11.9. The lowest BCUT2D eigenvalue weighted by Crippen LogP contribution is -2.28. The SMILES string of the molecule is COCC(CC(C)C(C)C(C)C(C)C=O)OCc1ccc(OC)cc1. The molecular formula is C21H34O4. The number of aldehydes is 1. The number of hydrogen-bond acceptors (Lipinski definition) is 4. The molecule has 0 aromatic heterocycles. The minimum absolute atomic E-state index is 0.0447. The lowest BCUT2D eigenvalue weighted by atomic mass is 9.77. The van der Waals surface area contributed by atoms with E-state index in [1.54, 1.807) is 14.2 Å². The van der Waals surface area contributed by atoms with Gasteiger partial charge in [0, 0.05) is 13.0 Å². The van der Waals surface area contributed by atoms with Gasteiger partial charge >= 0.3 is 0 Å². The Morgan fingerprint density at radius 3 is 2.16 bits per heavy atom. The van der Waals surface area contributed by atoms with Crippen molar-refractivity contribution in [2.24, 2.45) is 23.7 Å². The van der Waals surface area contributed by atoms with Gasteiger partial charge in [-0.1, -0.05) is 39.8 Å². The van der Waals surface area contributed by atoms with Gasteiger partial charge in [-0.25, -0.2) is 0 Å². The van der Waals surface area contributed by atoms with Crippen LogP contribution in [0.4, 0.5) is 0 Å². The van der Waals surface area contributed by atoms with Crippen molar-refractivity contribution >= 4 is 6.29 Å². The van der Waals surface area contributed by atoms with E-state index in [4.69, 9.17) is 14.2 Å². The van der Waals surface area contributed by atoms with Gasteiger partial charge < -0.3 is 19.0 Å². The van der Waals surface area contributed by atoms with Crippen LogP contribution < -0.4 is 4.74 Å². The van der Waals surface area contributed by atoms with Gasteiger partial charge in [-0.05, 0) is 41.9 Å². The molecule has 0 amide bonds. The molecular weight excluding hydrogens is 316 g/mol. The molecule has 4 heteroatoms. The summed E-state index contributed by atoms with van der Waals surface area (Å²) >= 11 is 0. The summed E-state index contributed by atoms with van der Waals surface area (Å²) in [7, 11) is 3.37. The van der Waals surface area contributed by atoms with Gasteiger partial charge in [0.05, 0.1) is 26.4 Å². The number of carbonyl (C=O) groups is 1. The van der Waals surface area contributed by atoms with Crippen LogP contribution in [-0.4, -0.2) is 33.2 Å². The molecule has 25 heavy (non-hydrogen) atoms. The second-order valence-corrected chi connectivity index (χ2v) is 7.16. The number of carbonyl (C=O) groups excluding carboxylic acids is 1. The molecule has 0 spiro atoms. The minimum Gasteiger partial charge on any atom is -0.497 e. The Morgan fingerprint density at radius 1 is 1.00 bits per heavy atom. The van der Waals surface area contributed by atoms with Crippen LogP contribution in [0.25, 0.3) is 0 Å². The van der Waals surface area contributed by atoms with E-state index >= 15 is 0 Å². The van der Waals surface area contributed by atoms with Crippen LogP contribution in [0.15, 0.2) is 24.3 Å². The Balaban J connectivity index is 2.58. The molecule has 142 valence electrons. The molecule has 0 fully saturated rings. The molecule has 0 aliphatic rings. The Hall–Kier alpha value is -1.39. The summed E-state index contributed by atoms with van der Waals surface area (Å²) < 4.78 is 16.6. The van der Waals surface area contributed by atoms with Crippen molar-refractivity contribution in [3.8, 4) is 5.75 Å². The van der Waals surface area contributed by atoms with E-state index in [2.05, 4.69) is 20.8 Å². The van der Waals surface area contributed by atoms with Crippen molar-refractivity contribution in [2.45, 2.75) is 46.8 Å². The van der Waals surface area contributed by atoms with Crippen molar-refractivity contribution in [2.75, 3.05) is 20.8 Å². The van der Waals surface area contributed by atoms with Crippen LogP contribution in [0, 0.1) is 23.7 Å². The number of benzene rings is 1. The number of rotatable bonds is 12. The predicted molar refractivity (Wildman–Crippen MR) is 101 cm³/mol. The average molecular weight is 350 g/mol. The van der Waals surface area contributed by atoms with E-state index in [1.165, 1.54) is 0 Å². The number of methoxy groups -OCH3 is 2. The van der Waals surface area contributed by atoms with Crippen molar-refractivity contribution in [3.05, 3.63) is 29.8 Å². The quantitative estimate of drug-likeness (QED) is 0.525. The summed E-state index contributed by atoms with van der Waals surface area (Å²) in [6.45, 7) is 9.74. The maximum atomic E-state index is 11.0. The number of hydrogen-bond donors (Lipinski definition) is 0. The Morgan fingerprint density at radius 2 is 1.64 bits per heavy atom. The van der Waals surface area contributed by atoms with Crippen LogP contribution in [-0.2, 0) is 20.9 Å². The third-order valence-electron chi connectivity index (χ3n) is 5.40. The van der Waals surface area contributed by atoms with Crippen LogP contribution in [0.5, 0.6) is 5.75 Å². The standard InChI is InChI=1S/C21H34O4/c1-15(17(3)18(4)16(2)12-22)11-21(14-23-5)25-13-19-7-9-20(24-6)10-8-19/h7-10,12,15-18,21H,11,13-14H2,1-6H3. The van der Waals surface area contributed by atoms with Crippen molar-refractivity contribution in [1.82, 2.24) is 0 Å². The fourth-order valence-corrected chi connectivity index (χ4v) is 3.06. The Kier molecular flexibility index (Phi) is 9.76. The fourth-order valence-electron chi connectivity index (χ4n) is 3.06. The summed E-state index contributed by atoms with van der Waals surface area (Å²) in [6, 6.07) is 7.92. The van der Waals surface area contributed by atoms with Gasteiger partial charge in [0.2, 0.25) is 0 Å². The van der Waals surface area contributed by atoms with E-state index in [-0.39, 0.29) is 12.0 Å². The smallest absolute Gasteiger partial charge is 0.123 e. The zero-order valence-corrected chi connectivity index (χ0v) is 16.5. The summed E-state index contributed by atoms with van der Waals surface area (Å²) in [4.78, 5) is 11.0. The first kappa shape index (κ1) is 21.7. The second-order valence-electron chi connectivity index (χ2n) is 7.16. The first-order valence-electron chi connectivity index (χ1n) is 9.11. The van der Waals surface area contributed by atoms with Crippen molar-refractivity contribution in [3.63, 3.8) is 0 Å². The highest BCUT2D eigenvalue weighted by Gasteiger charge is 2.26. The maximum Gasteiger partial charge on any atom is 0.123 e. The zero-order valence-electron chi connectivity index (χ0n) is 16.5. The molecule has 0 bridgehead atoms. The number of ether oxygens (including phenoxy) is 3. The lowest BCUT2D eigenvalue weighted by molar-refractivity contribution is -0.112. The van der Waals surface area contributed by atoms with Gasteiger partial charge in [-0.15, -0.1) is 0 Å². The molecule has 0 radical (unpaired) electrons. The first-order valence-corrected chi connectivity index (χ1v) is 9.11. The van der Waals surface area contributed by atoms with Gasteiger partial charge in [-0.2, -0.15) is 0 Å². The maximum absolute atomic E-state index is 11.0. The van der Waals surface area contributed by atoms with E-state index < -0.39 is 0 Å². The van der Waals surface area contributed by atoms with Gasteiger partial charge in [0.15, 0.2) is 0 Å². The highest BCUT2D eigenvalue weighted by Crippen LogP contribution is 2.29. The summed E-state index contributed by atoms with van der Waals surface area (Å²) in [5.74, 6) is 2.19. The van der Waals surface area contributed by atoms with E-state index in [0.29, 0.717) is 31.0 Å². The molecule has 0 heterocycles.